The maximum Gasteiger partial charge on any atom is 0.255 e. The minimum Gasteiger partial charge on any atom is -0.357 e. The van der Waals surface area contributed by atoms with Crippen LogP contribution in [0.25, 0.3) is 0 Å². The molecule has 1 heterocycles. The predicted octanol–water partition coefficient (Wildman–Crippen LogP) is 2.11. The standard InChI is InChI=1S/C14H17BrN2O2/c1-9-5-6-10(11(15)8-9)14(19)17-7-3-4-12(17)13(18)16-2/h5-6,8,12H,3-4,7H2,1-2H3,(H,16,18). The number of likely N-dealkylation sites (N-methyl/N-ethyl adjacent to an activating group) is 1. The number of carbonyl (C=O) groups is 2. The number of nitrogens with one attached hydrogen (secondary N) is 1. The highest BCUT2D eigenvalue weighted by molar-refractivity contribution is 9.10. The Kier molecular flexibility index (Phi) is 4.24. The Morgan fingerprint density at radius 1 is 1.42 bits per heavy atom. The zero-order valence-corrected chi connectivity index (χ0v) is 12.7. The second-order valence-corrected chi connectivity index (χ2v) is 5.61. The Bertz CT molecular complexity index is 516. The van der Waals surface area contributed by atoms with Crippen molar-refractivity contribution in [2.45, 2.75) is 25.8 Å². The summed E-state index contributed by atoms with van der Waals surface area (Å²) in [6.45, 7) is 2.61. The maximum atomic E-state index is 12.5. The molecular formula is C14H17BrN2O2. The average molecular weight is 325 g/mol. The van der Waals surface area contributed by atoms with E-state index in [-0.39, 0.29) is 17.9 Å². The summed E-state index contributed by atoms with van der Waals surface area (Å²) in [5.41, 5.74) is 1.70. The van der Waals surface area contributed by atoms with Crippen molar-refractivity contribution in [3.63, 3.8) is 0 Å². The quantitative estimate of drug-likeness (QED) is 0.905. The average Bonchev–Trinajstić information content (AvgIpc) is 2.86. The molecule has 0 radical (unpaired) electrons. The van der Waals surface area contributed by atoms with E-state index in [1.807, 2.05) is 19.1 Å². The number of likely N-dealkylation sites (tertiary alicyclic amines) is 1. The zero-order chi connectivity index (χ0) is 14.0. The number of carbonyl (C=O) groups excluding carboxylic acids is 2. The van der Waals surface area contributed by atoms with E-state index in [0.717, 1.165) is 22.9 Å². The number of nitrogens with zero attached hydrogens (tertiary/aromatic N) is 1. The number of hydrogen-bond acceptors (Lipinski definition) is 2. The van der Waals surface area contributed by atoms with Gasteiger partial charge >= 0.3 is 0 Å². The molecule has 5 heteroatoms. The summed E-state index contributed by atoms with van der Waals surface area (Å²) in [7, 11) is 1.60. The smallest absolute Gasteiger partial charge is 0.255 e. The van der Waals surface area contributed by atoms with Gasteiger partial charge in [0.05, 0.1) is 5.56 Å². The van der Waals surface area contributed by atoms with E-state index < -0.39 is 0 Å². The van der Waals surface area contributed by atoms with Gasteiger partial charge in [-0.3, -0.25) is 9.59 Å². The van der Waals surface area contributed by atoms with Crippen LogP contribution in [0.15, 0.2) is 22.7 Å². The highest BCUT2D eigenvalue weighted by atomic mass is 79.9. The summed E-state index contributed by atoms with van der Waals surface area (Å²) in [5, 5.41) is 2.62. The van der Waals surface area contributed by atoms with Crippen LogP contribution in [0.5, 0.6) is 0 Å². The van der Waals surface area contributed by atoms with E-state index in [9.17, 15) is 9.59 Å². The molecule has 1 N–H and O–H groups in total. The van der Waals surface area contributed by atoms with E-state index in [0.29, 0.717) is 12.1 Å². The lowest BCUT2D eigenvalue weighted by atomic mass is 10.1. The molecule has 1 aliphatic rings. The van der Waals surface area contributed by atoms with Crippen LogP contribution < -0.4 is 5.32 Å². The van der Waals surface area contributed by atoms with Gasteiger partial charge in [0.25, 0.3) is 5.91 Å². The van der Waals surface area contributed by atoms with E-state index in [4.69, 9.17) is 0 Å². The monoisotopic (exact) mass is 324 g/mol. The lowest BCUT2D eigenvalue weighted by molar-refractivity contribution is -0.124. The molecule has 1 aliphatic heterocycles. The molecule has 1 atom stereocenters. The molecule has 0 aromatic heterocycles. The van der Waals surface area contributed by atoms with Gasteiger partial charge in [0.2, 0.25) is 5.91 Å². The molecule has 0 bridgehead atoms. The van der Waals surface area contributed by atoms with Crippen molar-refractivity contribution in [2.75, 3.05) is 13.6 Å². The van der Waals surface area contributed by atoms with Gasteiger partial charge in [0.1, 0.15) is 6.04 Å². The summed E-state index contributed by atoms with van der Waals surface area (Å²) < 4.78 is 0.778. The van der Waals surface area contributed by atoms with E-state index in [1.165, 1.54) is 0 Å². The molecule has 0 aliphatic carbocycles. The van der Waals surface area contributed by atoms with Crippen LogP contribution in [0.2, 0.25) is 0 Å². The molecule has 102 valence electrons. The lowest BCUT2D eigenvalue weighted by Crippen LogP contribution is -2.45. The van der Waals surface area contributed by atoms with Crippen LogP contribution >= 0.6 is 15.9 Å². The van der Waals surface area contributed by atoms with Gasteiger partial charge < -0.3 is 10.2 Å². The Labute approximate surface area is 121 Å². The summed E-state index contributed by atoms with van der Waals surface area (Å²) in [4.78, 5) is 26.0. The number of hydrogen-bond donors (Lipinski definition) is 1. The molecule has 1 unspecified atom stereocenters. The van der Waals surface area contributed by atoms with Gasteiger partial charge in [-0.15, -0.1) is 0 Å². The number of rotatable bonds is 2. The Morgan fingerprint density at radius 2 is 2.16 bits per heavy atom. The van der Waals surface area contributed by atoms with Gasteiger partial charge in [-0.05, 0) is 53.4 Å². The molecule has 2 amide bonds. The van der Waals surface area contributed by atoms with E-state index >= 15 is 0 Å². The van der Waals surface area contributed by atoms with Gasteiger partial charge in [-0.25, -0.2) is 0 Å². The third-order valence-electron chi connectivity index (χ3n) is 3.42. The number of benzene rings is 1. The fraction of sp³-hybridized carbons (Fsp3) is 0.429. The molecular weight excluding hydrogens is 308 g/mol. The molecule has 19 heavy (non-hydrogen) atoms. The second kappa shape index (κ2) is 5.74. The van der Waals surface area contributed by atoms with Crippen molar-refractivity contribution in [3.05, 3.63) is 33.8 Å². The molecule has 0 spiro atoms. The lowest BCUT2D eigenvalue weighted by Gasteiger charge is -2.24. The first-order chi connectivity index (χ1) is 9.04. The molecule has 1 fully saturated rings. The van der Waals surface area contributed by atoms with Crippen LogP contribution in [-0.4, -0.2) is 36.3 Å². The first-order valence-electron chi connectivity index (χ1n) is 6.33. The van der Waals surface area contributed by atoms with Crippen LogP contribution in [0.3, 0.4) is 0 Å². The van der Waals surface area contributed by atoms with E-state index in [1.54, 1.807) is 18.0 Å². The van der Waals surface area contributed by atoms with Crippen molar-refractivity contribution in [2.24, 2.45) is 0 Å². The fourth-order valence-corrected chi connectivity index (χ4v) is 3.06. The fourth-order valence-electron chi connectivity index (χ4n) is 2.40. The van der Waals surface area contributed by atoms with Crippen LogP contribution in [0, 0.1) is 6.92 Å². The zero-order valence-electron chi connectivity index (χ0n) is 11.1. The van der Waals surface area contributed by atoms with Gasteiger partial charge in [-0.1, -0.05) is 6.07 Å². The first-order valence-corrected chi connectivity index (χ1v) is 7.12. The van der Waals surface area contributed by atoms with Crippen molar-refractivity contribution in [1.29, 1.82) is 0 Å². The van der Waals surface area contributed by atoms with Crippen LogP contribution in [0.4, 0.5) is 0 Å². The van der Waals surface area contributed by atoms with Crippen molar-refractivity contribution in [3.8, 4) is 0 Å². The van der Waals surface area contributed by atoms with Crippen molar-refractivity contribution >= 4 is 27.7 Å². The second-order valence-electron chi connectivity index (χ2n) is 4.75. The summed E-state index contributed by atoms with van der Waals surface area (Å²) in [6.07, 6.45) is 1.60. The third kappa shape index (κ3) is 2.81. The summed E-state index contributed by atoms with van der Waals surface area (Å²) >= 11 is 3.42. The number of aryl methyl sites for hydroxylation is 1. The van der Waals surface area contributed by atoms with Crippen molar-refractivity contribution in [1.82, 2.24) is 10.2 Å². The summed E-state index contributed by atoms with van der Waals surface area (Å²) in [6, 6.07) is 5.29. The molecule has 1 aromatic rings. The third-order valence-corrected chi connectivity index (χ3v) is 4.07. The maximum absolute atomic E-state index is 12.5. The Morgan fingerprint density at radius 3 is 2.79 bits per heavy atom. The van der Waals surface area contributed by atoms with Crippen LogP contribution in [0.1, 0.15) is 28.8 Å². The SMILES string of the molecule is CNC(=O)C1CCCN1C(=O)c1ccc(C)cc1Br. The van der Waals surface area contributed by atoms with Gasteiger partial charge in [-0.2, -0.15) is 0 Å². The minimum atomic E-state index is -0.342. The predicted molar refractivity (Wildman–Crippen MR) is 77.0 cm³/mol. The summed E-state index contributed by atoms with van der Waals surface area (Å²) in [5.74, 6) is -0.174. The normalized spacial score (nSPS) is 18.5. The van der Waals surface area contributed by atoms with Gasteiger partial charge in [0, 0.05) is 18.1 Å². The molecule has 1 saturated heterocycles. The topological polar surface area (TPSA) is 49.4 Å². The van der Waals surface area contributed by atoms with Crippen LogP contribution in [-0.2, 0) is 4.79 Å². The highest BCUT2D eigenvalue weighted by Gasteiger charge is 2.34. The molecule has 1 aromatic carbocycles. The number of halogens is 1. The van der Waals surface area contributed by atoms with E-state index in [2.05, 4.69) is 21.2 Å². The molecule has 2 rings (SSSR count). The molecule has 4 nitrogen and oxygen atoms in total. The Balaban J connectivity index is 2.25. The molecule has 0 saturated carbocycles. The minimum absolute atomic E-state index is 0.0852. The largest absolute Gasteiger partial charge is 0.357 e. The van der Waals surface area contributed by atoms with Gasteiger partial charge in [0.15, 0.2) is 0 Å². The van der Waals surface area contributed by atoms with Crippen molar-refractivity contribution < 1.29 is 9.59 Å². The Hall–Kier alpha value is -1.36. The highest BCUT2D eigenvalue weighted by Crippen LogP contribution is 2.25. The number of amides is 2. The first kappa shape index (κ1) is 14.1.